The number of hydrogen-bond donors (Lipinski definition) is 0. The van der Waals surface area contributed by atoms with E-state index < -0.39 is 0 Å². The lowest BCUT2D eigenvalue weighted by Crippen LogP contribution is -2.32. The number of rotatable bonds is 7. The Morgan fingerprint density at radius 3 is 2.59 bits per heavy atom. The van der Waals surface area contributed by atoms with Crippen LogP contribution in [0.25, 0.3) is 0 Å². The second-order valence-electron chi connectivity index (χ2n) is 6.63. The Hall–Kier alpha value is -1.46. The Morgan fingerprint density at radius 2 is 1.81 bits per heavy atom. The van der Waals surface area contributed by atoms with Crippen molar-refractivity contribution in [1.82, 2.24) is 5.06 Å². The maximum Gasteiger partial charge on any atom is 0.164 e. The SMILES string of the molecule is CCOc1cc(Cl)ccc1OCN1CC(Cc2ccc(Cl)cc2)CCCO1. The third kappa shape index (κ3) is 6.28. The third-order valence-corrected chi connectivity index (χ3v) is 4.99. The Kier molecular flexibility index (Phi) is 7.65. The normalized spacial score (nSPS) is 18.1. The van der Waals surface area contributed by atoms with Crippen LogP contribution in [0.15, 0.2) is 42.5 Å². The number of halogens is 2. The molecule has 6 heteroatoms. The first kappa shape index (κ1) is 20.3. The summed E-state index contributed by atoms with van der Waals surface area (Å²) in [7, 11) is 0. The Balaban J connectivity index is 1.58. The number of hydroxylamine groups is 2. The largest absolute Gasteiger partial charge is 0.490 e. The van der Waals surface area contributed by atoms with E-state index in [1.807, 2.05) is 30.2 Å². The van der Waals surface area contributed by atoms with Crippen LogP contribution in [0.3, 0.4) is 0 Å². The predicted octanol–water partition coefficient (Wildman–Crippen LogP) is 5.61. The van der Waals surface area contributed by atoms with Gasteiger partial charge in [-0.2, -0.15) is 5.06 Å². The van der Waals surface area contributed by atoms with Gasteiger partial charge in [-0.15, -0.1) is 0 Å². The quantitative estimate of drug-likeness (QED) is 0.593. The van der Waals surface area contributed by atoms with E-state index in [0.717, 1.165) is 30.8 Å². The average molecular weight is 410 g/mol. The molecule has 1 fully saturated rings. The standard InChI is InChI=1S/C21H25Cl2NO3/c1-2-25-21-13-19(23)9-10-20(21)26-15-24-14-17(4-3-11-27-24)12-16-5-7-18(22)8-6-16/h5-10,13,17H,2-4,11-12,14-15H2,1H3. The predicted molar refractivity (Wildman–Crippen MR) is 109 cm³/mol. The van der Waals surface area contributed by atoms with Crippen LogP contribution in [0.5, 0.6) is 11.5 Å². The van der Waals surface area contributed by atoms with Crippen LogP contribution in [-0.2, 0) is 11.3 Å². The van der Waals surface area contributed by atoms with Gasteiger partial charge in [-0.1, -0.05) is 35.3 Å². The van der Waals surface area contributed by atoms with Gasteiger partial charge in [0, 0.05) is 22.7 Å². The van der Waals surface area contributed by atoms with E-state index in [2.05, 4.69) is 12.1 Å². The highest BCUT2D eigenvalue weighted by Crippen LogP contribution is 2.31. The first-order valence-electron chi connectivity index (χ1n) is 9.31. The van der Waals surface area contributed by atoms with E-state index in [9.17, 15) is 0 Å². The van der Waals surface area contributed by atoms with E-state index in [1.165, 1.54) is 5.56 Å². The minimum Gasteiger partial charge on any atom is -0.490 e. The molecular weight excluding hydrogens is 385 g/mol. The number of hydrogen-bond acceptors (Lipinski definition) is 4. The molecule has 146 valence electrons. The minimum atomic E-state index is 0.346. The van der Waals surface area contributed by atoms with Crippen LogP contribution in [0.4, 0.5) is 0 Å². The van der Waals surface area contributed by atoms with Crippen LogP contribution in [0.2, 0.25) is 10.0 Å². The molecule has 0 amide bonds. The molecule has 2 aromatic rings. The maximum atomic E-state index is 6.05. The molecule has 27 heavy (non-hydrogen) atoms. The van der Waals surface area contributed by atoms with Gasteiger partial charge in [-0.05, 0) is 61.9 Å². The molecule has 0 N–H and O–H groups in total. The van der Waals surface area contributed by atoms with Crippen LogP contribution in [-0.4, -0.2) is 31.6 Å². The van der Waals surface area contributed by atoms with E-state index in [1.54, 1.807) is 12.1 Å². The summed E-state index contributed by atoms with van der Waals surface area (Å²) in [4.78, 5) is 5.86. The molecule has 1 aliphatic heterocycles. The van der Waals surface area contributed by atoms with E-state index >= 15 is 0 Å². The lowest BCUT2D eigenvalue weighted by Gasteiger charge is -2.24. The number of nitrogens with zero attached hydrogens (tertiary/aromatic N) is 1. The van der Waals surface area contributed by atoms with Crippen LogP contribution in [0, 0.1) is 5.92 Å². The van der Waals surface area contributed by atoms with Crippen molar-refractivity contribution in [1.29, 1.82) is 0 Å². The summed E-state index contributed by atoms with van der Waals surface area (Å²) in [6.45, 7) is 4.36. The van der Waals surface area contributed by atoms with Gasteiger partial charge < -0.3 is 9.47 Å². The Labute approximate surface area is 170 Å². The lowest BCUT2D eigenvalue weighted by atomic mass is 9.95. The molecule has 0 bridgehead atoms. The molecule has 0 spiro atoms. The van der Waals surface area contributed by atoms with E-state index in [4.69, 9.17) is 37.5 Å². The van der Waals surface area contributed by atoms with Crippen molar-refractivity contribution in [2.45, 2.75) is 26.2 Å². The molecule has 1 unspecified atom stereocenters. The van der Waals surface area contributed by atoms with Crippen LogP contribution in [0.1, 0.15) is 25.3 Å². The maximum absolute atomic E-state index is 6.05. The Bertz CT molecular complexity index is 724. The summed E-state index contributed by atoms with van der Waals surface area (Å²) in [5.41, 5.74) is 1.29. The fraction of sp³-hybridized carbons (Fsp3) is 0.429. The molecule has 0 aliphatic carbocycles. The molecule has 1 aliphatic rings. The second-order valence-corrected chi connectivity index (χ2v) is 7.51. The molecule has 0 saturated carbocycles. The molecule has 1 saturated heterocycles. The molecule has 0 aromatic heterocycles. The fourth-order valence-electron chi connectivity index (χ4n) is 3.22. The zero-order valence-corrected chi connectivity index (χ0v) is 17.0. The summed E-state index contributed by atoms with van der Waals surface area (Å²) in [6.07, 6.45) is 3.17. The highest BCUT2D eigenvalue weighted by atomic mass is 35.5. The molecule has 3 rings (SSSR count). The summed E-state index contributed by atoms with van der Waals surface area (Å²) in [5.74, 6) is 1.83. The average Bonchev–Trinajstić information content (AvgIpc) is 2.88. The van der Waals surface area contributed by atoms with Crippen molar-refractivity contribution in [2.24, 2.45) is 5.92 Å². The highest BCUT2D eigenvalue weighted by molar-refractivity contribution is 6.31. The Morgan fingerprint density at radius 1 is 1.04 bits per heavy atom. The second kappa shape index (κ2) is 10.2. The molecule has 1 heterocycles. The zero-order chi connectivity index (χ0) is 19.1. The van der Waals surface area contributed by atoms with Crippen molar-refractivity contribution < 1.29 is 14.3 Å². The highest BCUT2D eigenvalue weighted by Gasteiger charge is 2.20. The number of ether oxygens (including phenoxy) is 2. The minimum absolute atomic E-state index is 0.346. The van der Waals surface area contributed by atoms with Gasteiger partial charge >= 0.3 is 0 Å². The van der Waals surface area contributed by atoms with Crippen molar-refractivity contribution in [3.05, 3.63) is 58.1 Å². The van der Waals surface area contributed by atoms with Crippen LogP contribution >= 0.6 is 23.2 Å². The van der Waals surface area contributed by atoms with Crippen molar-refractivity contribution in [3.63, 3.8) is 0 Å². The van der Waals surface area contributed by atoms with Crippen molar-refractivity contribution in [2.75, 3.05) is 26.5 Å². The summed E-state index contributed by atoms with van der Waals surface area (Å²) in [5, 5.41) is 3.30. The van der Waals surface area contributed by atoms with Crippen LogP contribution < -0.4 is 9.47 Å². The van der Waals surface area contributed by atoms with Crippen molar-refractivity contribution in [3.8, 4) is 11.5 Å². The third-order valence-electron chi connectivity index (χ3n) is 4.50. The van der Waals surface area contributed by atoms with Gasteiger partial charge in [0.1, 0.15) is 0 Å². The molecular formula is C21H25Cl2NO3. The molecule has 4 nitrogen and oxygen atoms in total. The van der Waals surface area contributed by atoms with Crippen molar-refractivity contribution >= 4 is 23.2 Å². The summed E-state index contributed by atoms with van der Waals surface area (Å²) >= 11 is 12.0. The lowest BCUT2D eigenvalue weighted by molar-refractivity contribution is -0.187. The van der Waals surface area contributed by atoms with Gasteiger partial charge in [0.2, 0.25) is 0 Å². The monoisotopic (exact) mass is 409 g/mol. The smallest absolute Gasteiger partial charge is 0.164 e. The molecule has 2 aromatic carbocycles. The van der Waals surface area contributed by atoms with Gasteiger partial charge in [-0.3, -0.25) is 4.84 Å². The van der Waals surface area contributed by atoms with Gasteiger partial charge in [0.05, 0.1) is 13.2 Å². The van der Waals surface area contributed by atoms with E-state index in [0.29, 0.717) is 42.4 Å². The fourth-order valence-corrected chi connectivity index (χ4v) is 3.51. The summed E-state index contributed by atoms with van der Waals surface area (Å²) in [6, 6.07) is 13.5. The van der Waals surface area contributed by atoms with Gasteiger partial charge in [0.15, 0.2) is 18.2 Å². The van der Waals surface area contributed by atoms with Gasteiger partial charge in [-0.25, -0.2) is 0 Å². The first-order valence-corrected chi connectivity index (χ1v) is 10.1. The molecule has 0 radical (unpaired) electrons. The first-order chi connectivity index (χ1) is 13.1. The summed E-state index contributed by atoms with van der Waals surface area (Å²) < 4.78 is 11.6. The van der Waals surface area contributed by atoms with Gasteiger partial charge in [0.25, 0.3) is 0 Å². The zero-order valence-electron chi connectivity index (χ0n) is 15.5. The molecule has 1 atom stereocenters. The van der Waals surface area contributed by atoms with E-state index in [-0.39, 0.29) is 0 Å². The topological polar surface area (TPSA) is 30.9 Å². The number of benzene rings is 2.